The molecular formula is C25H30IrN9O3-. The van der Waals surface area contributed by atoms with Crippen molar-refractivity contribution in [2.75, 3.05) is 10.6 Å². The molecule has 1 saturated carbocycles. The fourth-order valence-corrected chi connectivity index (χ4v) is 3.98. The molecule has 3 aromatic rings. The van der Waals surface area contributed by atoms with Crippen LogP contribution in [0.1, 0.15) is 37.8 Å². The summed E-state index contributed by atoms with van der Waals surface area (Å²) in [5.41, 5.74) is 10.0. The summed E-state index contributed by atoms with van der Waals surface area (Å²) in [7, 11) is 0. The smallest absolute Gasteiger partial charge is 0.311 e. The van der Waals surface area contributed by atoms with Gasteiger partial charge in [-0.2, -0.15) is 0 Å². The van der Waals surface area contributed by atoms with Gasteiger partial charge in [0.15, 0.2) is 0 Å². The summed E-state index contributed by atoms with van der Waals surface area (Å²) in [4.78, 5) is 32.5. The number of rotatable bonds is 7. The maximum atomic E-state index is 12.5. The fourth-order valence-electron chi connectivity index (χ4n) is 3.98. The molecule has 0 saturated heterocycles. The summed E-state index contributed by atoms with van der Waals surface area (Å²) in [6.45, 7) is 1.78. The quantitative estimate of drug-likeness (QED) is 0.0895. The van der Waals surface area contributed by atoms with E-state index in [1.165, 1.54) is 12.5 Å². The van der Waals surface area contributed by atoms with Crippen molar-refractivity contribution in [2.24, 2.45) is 22.6 Å². The fraction of sp³-hybridized carbons (Fsp3) is 0.280. The largest absolute Gasteiger partial charge is 0.542 e. The van der Waals surface area contributed by atoms with Gasteiger partial charge in [0.1, 0.15) is 5.82 Å². The number of nitrogens with two attached hydrogens (primary N) is 2. The second kappa shape index (κ2) is 15.4. The van der Waals surface area contributed by atoms with Crippen LogP contribution < -0.4 is 22.2 Å². The second-order valence-corrected chi connectivity index (χ2v) is 8.35. The second-order valence-electron chi connectivity index (χ2n) is 8.35. The van der Waals surface area contributed by atoms with E-state index in [2.05, 4.69) is 42.8 Å². The average Bonchev–Trinajstić information content (AvgIpc) is 2.92. The zero-order valence-corrected chi connectivity index (χ0v) is 23.2. The minimum atomic E-state index is -0.467. The molecule has 1 aromatic carbocycles. The van der Waals surface area contributed by atoms with Gasteiger partial charge in [-0.3, -0.25) is 14.9 Å². The van der Waals surface area contributed by atoms with Gasteiger partial charge in [-0.1, -0.05) is 49.6 Å². The number of benzene rings is 1. The van der Waals surface area contributed by atoms with E-state index in [9.17, 15) is 14.9 Å². The molecule has 1 aliphatic rings. The van der Waals surface area contributed by atoms with Crippen LogP contribution in [0.25, 0.3) is 16.8 Å². The predicted molar refractivity (Wildman–Crippen MR) is 144 cm³/mol. The van der Waals surface area contributed by atoms with Crippen molar-refractivity contribution in [3.8, 4) is 11.3 Å². The van der Waals surface area contributed by atoms with Crippen molar-refractivity contribution in [2.45, 2.75) is 39.0 Å². The molecule has 12 nitrogen and oxygen atoms in total. The first-order valence-corrected chi connectivity index (χ1v) is 11.8. The molecule has 1 amide bonds. The molecule has 0 unspecified atom stereocenters. The standard InChI is InChI=1S/C24H25N5O3.CH5N4.Ir/c1-16-19(13-15-22(25-16)28-24(30)18-10-6-3-7-11-18)26-23-21(29(31)32)14-12-20(27-23)17-8-4-2-5-9-17;2-1-4-5-3;/h2,4-5,8-9,12-15,18H,3,6-7,10-11H2,1H3,(H,26,27)(H,25,28,30);1H,3H2,(H2,2,4);/q;-1;. The Morgan fingerprint density at radius 2 is 1.82 bits per heavy atom. The number of nitrogens with zero attached hydrogens (tertiary/aromatic N) is 5. The summed E-state index contributed by atoms with van der Waals surface area (Å²) >= 11 is 0. The molecule has 1 fully saturated rings. The van der Waals surface area contributed by atoms with Crippen molar-refractivity contribution in [1.29, 1.82) is 0 Å². The molecule has 1 radical (unpaired) electrons. The summed E-state index contributed by atoms with van der Waals surface area (Å²) in [6.07, 6.45) is 6.20. The number of carbonyl (C=O) groups is 1. The Morgan fingerprint density at radius 3 is 2.39 bits per heavy atom. The Kier molecular flexibility index (Phi) is 12.2. The van der Waals surface area contributed by atoms with Gasteiger partial charge in [0.2, 0.25) is 11.7 Å². The Balaban J connectivity index is 0.000000774. The number of hydrogen-bond acceptors (Lipinski definition) is 8. The van der Waals surface area contributed by atoms with E-state index in [0.717, 1.165) is 37.6 Å². The van der Waals surface area contributed by atoms with Crippen LogP contribution in [0.2, 0.25) is 0 Å². The van der Waals surface area contributed by atoms with E-state index >= 15 is 0 Å². The van der Waals surface area contributed by atoms with Crippen molar-refractivity contribution < 1.29 is 29.8 Å². The first-order chi connectivity index (χ1) is 17.9. The number of aromatic nitrogens is 2. The molecule has 0 spiro atoms. The molecule has 2 heterocycles. The zero-order chi connectivity index (χ0) is 26.6. The van der Waals surface area contributed by atoms with E-state index in [0.29, 0.717) is 22.9 Å². The number of nitro groups is 1. The Morgan fingerprint density at radius 1 is 1.11 bits per heavy atom. The van der Waals surface area contributed by atoms with Crippen LogP contribution in [0.15, 0.2) is 59.7 Å². The van der Waals surface area contributed by atoms with Crippen LogP contribution in [0.3, 0.4) is 0 Å². The molecule has 0 aliphatic heterocycles. The molecular weight excluding hydrogens is 667 g/mol. The number of aryl methyl sites for hydroxylation is 1. The molecule has 0 atom stereocenters. The van der Waals surface area contributed by atoms with E-state index in [1.54, 1.807) is 25.1 Å². The first-order valence-electron chi connectivity index (χ1n) is 11.8. The monoisotopic (exact) mass is 697 g/mol. The van der Waals surface area contributed by atoms with Crippen molar-refractivity contribution in [3.63, 3.8) is 0 Å². The molecule has 203 valence electrons. The van der Waals surface area contributed by atoms with Gasteiger partial charge in [-0.05, 0) is 38.0 Å². The average molecular weight is 697 g/mol. The number of amides is 1. The number of pyridine rings is 2. The molecule has 4 rings (SSSR count). The maximum Gasteiger partial charge on any atom is 0.311 e. The Labute approximate surface area is 234 Å². The third-order valence-electron chi connectivity index (χ3n) is 5.84. The van der Waals surface area contributed by atoms with Gasteiger partial charge in [0.05, 0.1) is 28.3 Å². The van der Waals surface area contributed by atoms with Crippen LogP contribution in [0, 0.1) is 23.0 Å². The van der Waals surface area contributed by atoms with Gasteiger partial charge < -0.3 is 32.8 Å². The molecule has 2 aromatic heterocycles. The minimum absolute atomic E-state index is 0. The van der Waals surface area contributed by atoms with Crippen LogP contribution in [-0.4, -0.2) is 27.1 Å². The summed E-state index contributed by atoms with van der Waals surface area (Å²) in [6, 6.07) is 16.0. The third-order valence-corrected chi connectivity index (χ3v) is 5.84. The van der Waals surface area contributed by atoms with Gasteiger partial charge in [0, 0.05) is 37.7 Å². The SMILES string of the molecule is Cc1nc(NC(=O)C2CCCCC2)ccc1Nc1nc(-c2ccccc2)ccc1[N+](=O)[O-].N/C=N\[N-]N.[Ir]. The summed E-state index contributed by atoms with van der Waals surface area (Å²) < 4.78 is 0. The van der Waals surface area contributed by atoms with E-state index in [1.807, 2.05) is 30.3 Å². The van der Waals surface area contributed by atoms with Gasteiger partial charge in [0.25, 0.3) is 0 Å². The number of nitrogens with one attached hydrogen (secondary N) is 2. The van der Waals surface area contributed by atoms with E-state index in [-0.39, 0.29) is 43.4 Å². The Hall–Kier alpha value is -3.93. The summed E-state index contributed by atoms with van der Waals surface area (Å²) in [5, 5.41) is 20.5. The normalized spacial score (nSPS) is 13.0. The van der Waals surface area contributed by atoms with Crippen molar-refractivity contribution in [1.82, 2.24) is 9.97 Å². The first kappa shape index (κ1) is 30.3. The molecule has 6 N–H and O–H groups in total. The minimum Gasteiger partial charge on any atom is -0.542 e. The van der Waals surface area contributed by atoms with Crippen LogP contribution in [-0.2, 0) is 24.9 Å². The van der Waals surface area contributed by atoms with Crippen LogP contribution >= 0.6 is 0 Å². The van der Waals surface area contributed by atoms with Gasteiger partial charge in [-0.25, -0.2) is 9.97 Å². The molecule has 38 heavy (non-hydrogen) atoms. The Bertz CT molecular complexity index is 1240. The van der Waals surface area contributed by atoms with Crippen molar-refractivity contribution in [3.05, 3.63) is 75.9 Å². The molecule has 13 heteroatoms. The number of hydrogen-bond donors (Lipinski definition) is 4. The third kappa shape index (κ3) is 8.58. The van der Waals surface area contributed by atoms with Crippen LogP contribution in [0.4, 0.5) is 23.0 Å². The zero-order valence-electron chi connectivity index (χ0n) is 20.8. The number of carbonyl (C=O) groups excluding carboxylic acids is 1. The summed E-state index contributed by atoms with van der Waals surface area (Å²) in [5.74, 6) is 5.14. The van der Waals surface area contributed by atoms with E-state index < -0.39 is 4.92 Å². The molecule has 0 bridgehead atoms. The van der Waals surface area contributed by atoms with E-state index in [4.69, 9.17) is 0 Å². The topological polar surface area (TPSA) is 189 Å². The maximum absolute atomic E-state index is 12.5. The van der Waals surface area contributed by atoms with Crippen LogP contribution in [0.5, 0.6) is 0 Å². The van der Waals surface area contributed by atoms with Gasteiger partial charge >= 0.3 is 5.69 Å². The number of anilines is 3. The predicted octanol–water partition coefficient (Wildman–Crippen LogP) is 4.76. The van der Waals surface area contributed by atoms with Crippen molar-refractivity contribution >= 4 is 35.3 Å². The molecule has 1 aliphatic carbocycles. The van der Waals surface area contributed by atoms with Gasteiger partial charge in [-0.15, -0.1) is 0 Å².